The van der Waals surface area contributed by atoms with Crippen LogP contribution in [0.3, 0.4) is 0 Å². The van der Waals surface area contributed by atoms with Crippen LogP contribution >= 0.6 is 15.9 Å². The monoisotopic (exact) mass is 497 g/mol. The molecular formula is C24H24BrN3O4. The topological polar surface area (TPSA) is 70.2 Å². The Balaban J connectivity index is 1.59. The lowest BCUT2D eigenvalue weighted by Gasteiger charge is -2.38. The third-order valence-electron chi connectivity index (χ3n) is 6.77. The van der Waals surface area contributed by atoms with Crippen LogP contribution in [0.25, 0.3) is 0 Å². The van der Waals surface area contributed by atoms with Gasteiger partial charge in [0.1, 0.15) is 11.3 Å². The number of rotatable bonds is 3. The molecule has 2 aromatic rings. The quantitative estimate of drug-likeness (QED) is 0.602. The summed E-state index contributed by atoms with van der Waals surface area (Å²) >= 11 is 3.39. The van der Waals surface area contributed by atoms with Crippen molar-refractivity contribution in [3.8, 4) is 5.75 Å². The lowest BCUT2D eigenvalue weighted by atomic mass is 9.86. The fraction of sp³-hybridized carbons (Fsp3) is 0.375. The summed E-state index contributed by atoms with van der Waals surface area (Å²) < 4.78 is 6.14. The van der Waals surface area contributed by atoms with E-state index in [1.54, 1.807) is 36.4 Å². The molecule has 2 aromatic carbocycles. The van der Waals surface area contributed by atoms with E-state index in [4.69, 9.17) is 4.74 Å². The van der Waals surface area contributed by atoms with Crippen molar-refractivity contribution >= 4 is 39.3 Å². The maximum Gasteiger partial charge on any atom is 0.261 e. The number of nitrogens with zero attached hydrogens (tertiary/aromatic N) is 3. The molecule has 0 bridgehead atoms. The SMILES string of the molecule is COc1ccc([C@@H]2C[C@]3(CC(=O)N(c4ccc(Br)cc4)C3=O)N3C(=O)CC(C)(C)N23)cc1. The molecule has 0 unspecified atom stereocenters. The van der Waals surface area contributed by atoms with Crippen molar-refractivity contribution in [3.05, 3.63) is 58.6 Å². The van der Waals surface area contributed by atoms with Crippen molar-refractivity contribution in [2.24, 2.45) is 0 Å². The third kappa shape index (κ3) is 2.93. The van der Waals surface area contributed by atoms with Crippen LogP contribution in [0, 0.1) is 0 Å². The van der Waals surface area contributed by atoms with Gasteiger partial charge < -0.3 is 4.74 Å². The second-order valence-electron chi connectivity index (χ2n) is 9.25. The molecule has 2 atom stereocenters. The molecule has 0 radical (unpaired) electrons. The number of imide groups is 1. The van der Waals surface area contributed by atoms with Gasteiger partial charge in [-0.15, -0.1) is 0 Å². The second kappa shape index (κ2) is 7.15. The minimum absolute atomic E-state index is 0.0210. The molecule has 3 saturated heterocycles. The number of benzene rings is 2. The van der Waals surface area contributed by atoms with E-state index in [0.29, 0.717) is 18.5 Å². The Morgan fingerprint density at radius 1 is 0.938 bits per heavy atom. The highest BCUT2D eigenvalue weighted by molar-refractivity contribution is 9.10. The lowest BCUT2D eigenvalue weighted by Crippen LogP contribution is -2.55. The average molecular weight is 498 g/mol. The van der Waals surface area contributed by atoms with Crippen LogP contribution in [0.5, 0.6) is 5.75 Å². The van der Waals surface area contributed by atoms with Gasteiger partial charge in [-0.25, -0.2) is 9.91 Å². The largest absolute Gasteiger partial charge is 0.497 e. The smallest absolute Gasteiger partial charge is 0.261 e. The molecule has 166 valence electrons. The fourth-order valence-electron chi connectivity index (χ4n) is 5.40. The van der Waals surface area contributed by atoms with Crippen LogP contribution in [0.2, 0.25) is 0 Å². The summed E-state index contributed by atoms with van der Waals surface area (Å²) in [5, 5.41) is 3.62. The number of fused-ring (bicyclic) bond motifs is 2. The van der Waals surface area contributed by atoms with E-state index in [2.05, 4.69) is 15.9 Å². The van der Waals surface area contributed by atoms with E-state index in [0.717, 1.165) is 15.8 Å². The van der Waals surface area contributed by atoms with E-state index in [1.165, 1.54) is 4.90 Å². The van der Waals surface area contributed by atoms with Gasteiger partial charge >= 0.3 is 0 Å². The molecule has 5 rings (SSSR count). The van der Waals surface area contributed by atoms with E-state index < -0.39 is 11.1 Å². The molecule has 32 heavy (non-hydrogen) atoms. The van der Waals surface area contributed by atoms with Gasteiger partial charge in [0.2, 0.25) is 11.8 Å². The van der Waals surface area contributed by atoms with Crippen LogP contribution in [0.4, 0.5) is 5.69 Å². The number of hydrogen-bond donors (Lipinski definition) is 0. The summed E-state index contributed by atoms with van der Waals surface area (Å²) in [6, 6.07) is 14.6. The van der Waals surface area contributed by atoms with E-state index >= 15 is 0 Å². The van der Waals surface area contributed by atoms with E-state index in [-0.39, 0.29) is 30.2 Å². The number of carbonyl (C=O) groups excluding carboxylic acids is 3. The molecule has 0 aliphatic carbocycles. The summed E-state index contributed by atoms with van der Waals surface area (Å²) in [5.41, 5.74) is -0.178. The molecule has 3 heterocycles. The number of hydrogen-bond acceptors (Lipinski definition) is 5. The Morgan fingerprint density at radius 3 is 2.22 bits per heavy atom. The van der Waals surface area contributed by atoms with Gasteiger partial charge in [0.05, 0.1) is 25.3 Å². The van der Waals surface area contributed by atoms with Gasteiger partial charge in [-0.1, -0.05) is 28.1 Å². The molecule has 3 aliphatic rings. The number of amides is 3. The van der Waals surface area contributed by atoms with Crippen LogP contribution in [-0.2, 0) is 14.4 Å². The maximum atomic E-state index is 13.9. The Labute approximate surface area is 195 Å². The predicted molar refractivity (Wildman–Crippen MR) is 122 cm³/mol. The molecule has 8 heteroatoms. The first-order chi connectivity index (χ1) is 15.2. The second-order valence-corrected chi connectivity index (χ2v) is 10.2. The highest BCUT2D eigenvalue weighted by Gasteiger charge is 2.69. The molecular weight excluding hydrogens is 474 g/mol. The molecule has 7 nitrogen and oxygen atoms in total. The Bertz CT molecular complexity index is 1120. The van der Waals surface area contributed by atoms with Crippen molar-refractivity contribution in [3.63, 3.8) is 0 Å². The highest BCUT2D eigenvalue weighted by atomic mass is 79.9. The number of methoxy groups -OCH3 is 1. The van der Waals surface area contributed by atoms with Gasteiger partial charge in [0.15, 0.2) is 0 Å². The Kier molecular flexibility index (Phi) is 4.73. The van der Waals surface area contributed by atoms with Crippen molar-refractivity contribution < 1.29 is 19.1 Å². The zero-order chi connectivity index (χ0) is 22.8. The van der Waals surface area contributed by atoms with Gasteiger partial charge in [-0.05, 0) is 55.8 Å². The number of ether oxygens (including phenoxy) is 1. The fourth-order valence-corrected chi connectivity index (χ4v) is 5.67. The first kappa shape index (κ1) is 21.2. The van der Waals surface area contributed by atoms with Crippen molar-refractivity contribution in [1.82, 2.24) is 10.0 Å². The van der Waals surface area contributed by atoms with Crippen LogP contribution < -0.4 is 9.64 Å². The summed E-state index contributed by atoms with van der Waals surface area (Å²) in [6.45, 7) is 4.02. The normalized spacial score (nSPS) is 27.0. The number of anilines is 1. The van der Waals surface area contributed by atoms with E-state index in [9.17, 15) is 14.4 Å². The minimum Gasteiger partial charge on any atom is -0.497 e. The van der Waals surface area contributed by atoms with Crippen molar-refractivity contribution in [1.29, 1.82) is 0 Å². The number of halogens is 1. The first-order valence-corrected chi connectivity index (χ1v) is 11.4. The number of carbonyl (C=O) groups is 3. The van der Waals surface area contributed by atoms with Crippen LogP contribution in [0.15, 0.2) is 53.0 Å². The van der Waals surface area contributed by atoms with Gasteiger partial charge in [0, 0.05) is 22.9 Å². The standard InChI is InChI=1S/C24H24BrN3O4/c1-23(2)13-21(30)28-24(12-19(27(23)28)15-4-10-18(32-3)11-5-15)14-20(29)26(22(24)31)17-8-6-16(25)7-9-17/h4-11,19H,12-14H2,1-3H3/t19-,24+/m0/s1. The van der Waals surface area contributed by atoms with Gasteiger partial charge in [-0.3, -0.25) is 19.4 Å². The lowest BCUT2D eigenvalue weighted by molar-refractivity contribution is -0.154. The molecule has 0 N–H and O–H groups in total. The molecule has 3 fully saturated rings. The predicted octanol–water partition coefficient (Wildman–Crippen LogP) is 3.83. The van der Waals surface area contributed by atoms with Gasteiger partial charge in [0.25, 0.3) is 5.91 Å². The molecule has 3 aliphatic heterocycles. The summed E-state index contributed by atoms with van der Waals surface area (Å²) in [7, 11) is 1.61. The van der Waals surface area contributed by atoms with E-state index in [1.807, 2.05) is 43.1 Å². The summed E-state index contributed by atoms with van der Waals surface area (Å²) in [4.78, 5) is 41.5. The zero-order valence-electron chi connectivity index (χ0n) is 18.2. The highest BCUT2D eigenvalue weighted by Crippen LogP contribution is 2.55. The number of hydrazine groups is 1. The zero-order valence-corrected chi connectivity index (χ0v) is 19.8. The Morgan fingerprint density at radius 2 is 1.59 bits per heavy atom. The van der Waals surface area contributed by atoms with Crippen molar-refractivity contribution in [2.45, 2.75) is 50.2 Å². The Hall–Kier alpha value is -2.71. The maximum absolute atomic E-state index is 13.9. The van der Waals surface area contributed by atoms with Crippen molar-refractivity contribution in [2.75, 3.05) is 12.0 Å². The minimum atomic E-state index is -1.21. The third-order valence-corrected chi connectivity index (χ3v) is 7.30. The van der Waals surface area contributed by atoms with Crippen LogP contribution in [0.1, 0.15) is 44.7 Å². The van der Waals surface area contributed by atoms with Crippen LogP contribution in [-0.4, -0.2) is 45.9 Å². The van der Waals surface area contributed by atoms with Gasteiger partial charge in [-0.2, -0.15) is 0 Å². The summed E-state index contributed by atoms with van der Waals surface area (Å²) in [5.74, 6) is -0.00419. The average Bonchev–Trinajstić information content (AvgIpc) is 3.32. The molecule has 0 saturated carbocycles. The molecule has 1 spiro atoms. The summed E-state index contributed by atoms with van der Waals surface area (Å²) in [6.07, 6.45) is 0.639. The molecule has 0 aromatic heterocycles. The first-order valence-electron chi connectivity index (χ1n) is 10.6. The molecule has 3 amide bonds.